The molecule has 2 heterocycles. The second-order valence-electron chi connectivity index (χ2n) is 6.21. The molecule has 2 rings (SSSR count). The second-order valence-corrected chi connectivity index (χ2v) is 6.21. The lowest BCUT2D eigenvalue weighted by atomic mass is 10.1. The first-order chi connectivity index (χ1) is 9.83. The van der Waals surface area contributed by atoms with E-state index in [1.165, 1.54) is 6.07 Å². The zero-order valence-corrected chi connectivity index (χ0v) is 12.6. The van der Waals surface area contributed by atoms with Crippen molar-refractivity contribution in [2.75, 3.05) is 32.7 Å². The normalized spacial score (nSPS) is 17.0. The van der Waals surface area contributed by atoms with E-state index in [0.717, 1.165) is 18.7 Å². The van der Waals surface area contributed by atoms with Crippen LogP contribution in [0.3, 0.4) is 0 Å². The summed E-state index contributed by atoms with van der Waals surface area (Å²) in [5.41, 5.74) is -0.0489. The van der Waals surface area contributed by atoms with Gasteiger partial charge >= 0.3 is 0 Å². The Bertz CT molecular complexity index is 519. The number of pyridine rings is 1. The number of amides is 1. The SMILES string of the molecule is CC(C)(O)CN1CCN(C(=O)Cc2ccc(=O)[nH]c2)CC1. The number of hydrogen-bond donors (Lipinski definition) is 2. The van der Waals surface area contributed by atoms with Gasteiger partial charge in [0.1, 0.15) is 0 Å². The molecule has 0 spiro atoms. The smallest absolute Gasteiger partial charge is 0.247 e. The molecule has 1 saturated heterocycles. The van der Waals surface area contributed by atoms with Crippen molar-refractivity contribution in [3.05, 3.63) is 34.2 Å². The summed E-state index contributed by atoms with van der Waals surface area (Å²) >= 11 is 0. The molecule has 1 fully saturated rings. The Balaban J connectivity index is 1.83. The van der Waals surface area contributed by atoms with E-state index >= 15 is 0 Å². The Hall–Kier alpha value is -1.66. The van der Waals surface area contributed by atoms with Gasteiger partial charge in [0.2, 0.25) is 11.5 Å². The summed E-state index contributed by atoms with van der Waals surface area (Å²) in [5.74, 6) is 0.0740. The molecular formula is C15H23N3O3. The average Bonchev–Trinajstić information content (AvgIpc) is 2.40. The van der Waals surface area contributed by atoms with E-state index in [9.17, 15) is 14.7 Å². The van der Waals surface area contributed by atoms with Crippen molar-refractivity contribution in [2.45, 2.75) is 25.9 Å². The third-order valence-corrected chi connectivity index (χ3v) is 3.54. The number of aliphatic hydroxyl groups is 1. The molecular weight excluding hydrogens is 270 g/mol. The Morgan fingerprint density at radius 1 is 1.29 bits per heavy atom. The molecule has 0 radical (unpaired) electrons. The van der Waals surface area contributed by atoms with Gasteiger partial charge in [0.15, 0.2) is 0 Å². The lowest BCUT2D eigenvalue weighted by molar-refractivity contribution is -0.132. The number of carbonyl (C=O) groups excluding carboxylic acids is 1. The lowest BCUT2D eigenvalue weighted by Crippen LogP contribution is -2.52. The van der Waals surface area contributed by atoms with Gasteiger partial charge in [-0.3, -0.25) is 14.5 Å². The van der Waals surface area contributed by atoms with Crippen LogP contribution in [0, 0.1) is 0 Å². The Morgan fingerprint density at radius 2 is 1.95 bits per heavy atom. The molecule has 116 valence electrons. The van der Waals surface area contributed by atoms with Crippen LogP contribution in [0.15, 0.2) is 23.1 Å². The number of aromatic amines is 1. The molecule has 0 aliphatic carbocycles. The van der Waals surface area contributed by atoms with Gasteiger partial charge < -0.3 is 15.0 Å². The second kappa shape index (κ2) is 6.41. The number of aromatic nitrogens is 1. The highest BCUT2D eigenvalue weighted by atomic mass is 16.3. The Morgan fingerprint density at radius 3 is 2.48 bits per heavy atom. The third-order valence-electron chi connectivity index (χ3n) is 3.54. The van der Waals surface area contributed by atoms with Crippen LogP contribution in [0.1, 0.15) is 19.4 Å². The highest BCUT2D eigenvalue weighted by Crippen LogP contribution is 2.10. The molecule has 2 N–H and O–H groups in total. The fourth-order valence-electron chi connectivity index (χ4n) is 2.54. The van der Waals surface area contributed by atoms with Crippen molar-refractivity contribution >= 4 is 5.91 Å². The lowest BCUT2D eigenvalue weighted by Gasteiger charge is -2.37. The zero-order valence-electron chi connectivity index (χ0n) is 12.6. The van der Waals surface area contributed by atoms with Crippen molar-refractivity contribution < 1.29 is 9.90 Å². The minimum absolute atomic E-state index is 0.0740. The standard InChI is InChI=1S/C15H23N3O3/c1-15(2,21)11-17-5-7-18(8-6-17)14(20)9-12-3-4-13(19)16-10-12/h3-4,10,21H,5-9,11H2,1-2H3,(H,16,19). The molecule has 1 aromatic rings. The fraction of sp³-hybridized carbons (Fsp3) is 0.600. The van der Waals surface area contributed by atoms with Gasteiger partial charge in [0.25, 0.3) is 0 Å². The van der Waals surface area contributed by atoms with Crippen molar-refractivity contribution in [3.63, 3.8) is 0 Å². The third kappa shape index (κ3) is 4.99. The van der Waals surface area contributed by atoms with Crippen molar-refractivity contribution in [1.82, 2.24) is 14.8 Å². The number of piperazine rings is 1. The number of β-amino-alcohol motifs (C(OH)–C–C–N with tert-alkyl or cyclic N) is 1. The summed E-state index contributed by atoms with van der Waals surface area (Å²) in [4.78, 5) is 29.8. The van der Waals surface area contributed by atoms with Gasteiger partial charge in [-0.25, -0.2) is 0 Å². The summed E-state index contributed by atoms with van der Waals surface area (Å²) < 4.78 is 0. The zero-order chi connectivity index (χ0) is 15.5. The largest absolute Gasteiger partial charge is 0.389 e. The van der Waals surface area contributed by atoms with Crippen LogP contribution in [-0.2, 0) is 11.2 Å². The molecule has 0 saturated carbocycles. The van der Waals surface area contributed by atoms with E-state index in [-0.39, 0.29) is 11.5 Å². The van der Waals surface area contributed by atoms with E-state index < -0.39 is 5.60 Å². The Kier molecular flexibility index (Phi) is 4.80. The maximum Gasteiger partial charge on any atom is 0.247 e. The topological polar surface area (TPSA) is 76.6 Å². The minimum Gasteiger partial charge on any atom is -0.389 e. The van der Waals surface area contributed by atoms with Crippen LogP contribution in [0.5, 0.6) is 0 Å². The molecule has 0 atom stereocenters. The van der Waals surface area contributed by atoms with Crippen LogP contribution < -0.4 is 5.56 Å². The van der Waals surface area contributed by atoms with Gasteiger partial charge in [-0.05, 0) is 19.4 Å². The highest BCUT2D eigenvalue weighted by Gasteiger charge is 2.24. The molecule has 21 heavy (non-hydrogen) atoms. The number of carbonyl (C=O) groups is 1. The molecule has 1 aliphatic heterocycles. The van der Waals surface area contributed by atoms with Gasteiger partial charge in [-0.15, -0.1) is 0 Å². The first-order valence-electron chi connectivity index (χ1n) is 7.24. The molecule has 0 unspecified atom stereocenters. The molecule has 6 heteroatoms. The van der Waals surface area contributed by atoms with Gasteiger partial charge in [-0.2, -0.15) is 0 Å². The van der Waals surface area contributed by atoms with E-state index in [0.29, 0.717) is 26.1 Å². The highest BCUT2D eigenvalue weighted by molar-refractivity contribution is 5.78. The van der Waals surface area contributed by atoms with Crippen molar-refractivity contribution in [3.8, 4) is 0 Å². The van der Waals surface area contributed by atoms with E-state index in [1.54, 1.807) is 26.1 Å². The number of H-pyrrole nitrogens is 1. The predicted octanol–water partition coefficient (Wildman–Crippen LogP) is -0.167. The summed E-state index contributed by atoms with van der Waals surface area (Å²) in [6, 6.07) is 3.12. The van der Waals surface area contributed by atoms with Gasteiger partial charge in [-0.1, -0.05) is 6.07 Å². The molecule has 1 aromatic heterocycles. The monoisotopic (exact) mass is 293 g/mol. The minimum atomic E-state index is -0.706. The number of hydrogen-bond acceptors (Lipinski definition) is 4. The average molecular weight is 293 g/mol. The quantitative estimate of drug-likeness (QED) is 0.808. The first-order valence-corrected chi connectivity index (χ1v) is 7.24. The van der Waals surface area contributed by atoms with Gasteiger partial charge in [0, 0.05) is 45.0 Å². The van der Waals surface area contributed by atoms with Crippen molar-refractivity contribution in [1.29, 1.82) is 0 Å². The van der Waals surface area contributed by atoms with Crippen LogP contribution in [0.25, 0.3) is 0 Å². The maximum atomic E-state index is 12.2. The van der Waals surface area contributed by atoms with Crippen LogP contribution in [0.2, 0.25) is 0 Å². The Labute approximate surface area is 124 Å². The van der Waals surface area contributed by atoms with Crippen LogP contribution >= 0.6 is 0 Å². The first kappa shape index (κ1) is 15.7. The summed E-state index contributed by atoms with van der Waals surface area (Å²) in [5, 5.41) is 9.81. The summed E-state index contributed by atoms with van der Waals surface area (Å²) in [7, 11) is 0. The predicted molar refractivity (Wildman–Crippen MR) is 80.1 cm³/mol. The maximum absolute atomic E-state index is 12.2. The van der Waals surface area contributed by atoms with E-state index in [2.05, 4.69) is 9.88 Å². The number of nitrogens with zero attached hydrogens (tertiary/aromatic N) is 2. The van der Waals surface area contributed by atoms with Gasteiger partial charge in [0.05, 0.1) is 12.0 Å². The number of nitrogens with one attached hydrogen (secondary N) is 1. The molecule has 1 amide bonds. The number of rotatable bonds is 4. The van der Waals surface area contributed by atoms with Crippen molar-refractivity contribution in [2.24, 2.45) is 0 Å². The molecule has 1 aliphatic rings. The molecule has 0 aromatic carbocycles. The van der Waals surface area contributed by atoms with E-state index in [4.69, 9.17) is 0 Å². The summed E-state index contributed by atoms with van der Waals surface area (Å²) in [6.45, 7) is 7.12. The van der Waals surface area contributed by atoms with E-state index in [1.807, 2.05) is 4.90 Å². The van der Waals surface area contributed by atoms with Crippen LogP contribution in [0.4, 0.5) is 0 Å². The molecule has 0 bridgehead atoms. The fourth-order valence-corrected chi connectivity index (χ4v) is 2.54. The van der Waals surface area contributed by atoms with Crippen LogP contribution in [-0.4, -0.2) is 64.1 Å². The summed E-state index contributed by atoms with van der Waals surface area (Å²) in [6.07, 6.45) is 1.90. The molecule has 6 nitrogen and oxygen atoms in total.